The highest BCUT2D eigenvalue weighted by Gasteiger charge is 2.38. The highest BCUT2D eigenvalue weighted by Crippen LogP contribution is 2.35. The maximum Gasteiger partial charge on any atom is 0.490 e. The Morgan fingerprint density at radius 1 is 1.06 bits per heavy atom. The number of nitrogens with zero attached hydrogens (tertiary/aromatic N) is 1. The molecule has 2 aromatic rings. The lowest BCUT2D eigenvalue weighted by Crippen LogP contribution is -2.43. The van der Waals surface area contributed by atoms with E-state index >= 15 is 0 Å². The van der Waals surface area contributed by atoms with E-state index in [1.54, 1.807) is 6.07 Å². The topological polar surface area (TPSA) is 89.9 Å². The van der Waals surface area contributed by atoms with Crippen molar-refractivity contribution in [2.75, 3.05) is 11.4 Å². The third kappa shape index (κ3) is 6.66. The molecule has 1 aromatic carbocycles. The van der Waals surface area contributed by atoms with Crippen molar-refractivity contribution < 1.29 is 41.8 Å². The number of fused-ring (bicyclic) bond motifs is 2. The SMILES string of the molecule is O=C(O)C(F)(F)F.O=C(O)N(CC1CC2CCC(C1)N2)c1sccc1Cc1cc(F)ccc1F. The third-order valence-corrected chi connectivity index (χ3v) is 6.82. The minimum atomic E-state index is -5.08. The van der Waals surface area contributed by atoms with Gasteiger partial charge in [0, 0.05) is 25.0 Å². The van der Waals surface area contributed by atoms with Gasteiger partial charge in [0.05, 0.1) is 0 Å². The summed E-state index contributed by atoms with van der Waals surface area (Å²) in [6.45, 7) is 0.448. The lowest BCUT2D eigenvalue weighted by Gasteiger charge is -2.32. The molecule has 0 aliphatic carbocycles. The standard InChI is InChI=1S/C20H22F2N2O2S.C2HF3O2/c21-15-1-4-18(22)14(10-15)9-13-5-6-27-19(13)24(20(25)26)11-12-7-16-2-3-17(8-12)23-16;3-2(4,5)1(6)7/h1,4-6,10,12,16-17,23H,2-3,7-9,11H2,(H,25,26);(H,6,7). The van der Waals surface area contributed by atoms with Gasteiger partial charge in [-0.05, 0) is 72.4 Å². The highest BCUT2D eigenvalue weighted by molar-refractivity contribution is 7.14. The Morgan fingerprint density at radius 3 is 2.24 bits per heavy atom. The fourth-order valence-electron chi connectivity index (χ4n) is 4.41. The van der Waals surface area contributed by atoms with Gasteiger partial charge in [0.1, 0.15) is 16.6 Å². The van der Waals surface area contributed by atoms with Crippen LogP contribution in [0.2, 0.25) is 0 Å². The van der Waals surface area contributed by atoms with Crippen LogP contribution in [0.3, 0.4) is 0 Å². The van der Waals surface area contributed by atoms with Crippen molar-refractivity contribution in [3.63, 3.8) is 0 Å². The van der Waals surface area contributed by atoms with Crippen molar-refractivity contribution in [2.24, 2.45) is 5.92 Å². The van der Waals surface area contributed by atoms with Crippen LogP contribution in [0.1, 0.15) is 36.8 Å². The predicted molar refractivity (Wildman–Crippen MR) is 115 cm³/mol. The van der Waals surface area contributed by atoms with Crippen molar-refractivity contribution in [3.8, 4) is 0 Å². The summed E-state index contributed by atoms with van der Waals surface area (Å²) in [5.41, 5.74) is 0.948. The molecule has 3 heterocycles. The van der Waals surface area contributed by atoms with E-state index in [0.717, 1.165) is 37.8 Å². The van der Waals surface area contributed by atoms with Gasteiger partial charge in [-0.2, -0.15) is 13.2 Å². The molecule has 2 atom stereocenters. The number of rotatable bonds is 5. The molecule has 2 unspecified atom stereocenters. The molecule has 0 spiro atoms. The molecule has 2 saturated heterocycles. The van der Waals surface area contributed by atoms with E-state index in [-0.39, 0.29) is 12.0 Å². The Hall–Kier alpha value is -2.73. The number of amides is 1. The fourth-order valence-corrected chi connectivity index (χ4v) is 5.35. The second kappa shape index (κ2) is 10.7. The Labute approximate surface area is 196 Å². The zero-order chi connectivity index (χ0) is 25.0. The molecule has 0 saturated carbocycles. The number of aliphatic carboxylic acids is 1. The summed E-state index contributed by atoms with van der Waals surface area (Å²) < 4.78 is 59.2. The summed E-state index contributed by atoms with van der Waals surface area (Å²) in [6.07, 6.45) is -1.61. The molecular formula is C22H23F5N2O4S. The number of benzene rings is 1. The van der Waals surface area contributed by atoms with Crippen LogP contribution in [0.25, 0.3) is 0 Å². The van der Waals surface area contributed by atoms with Crippen molar-refractivity contribution >= 4 is 28.4 Å². The molecule has 12 heteroatoms. The molecule has 4 rings (SSSR count). The number of carboxylic acids is 1. The van der Waals surface area contributed by atoms with Gasteiger partial charge >= 0.3 is 18.2 Å². The first kappa shape index (κ1) is 25.9. The number of hydrogen-bond donors (Lipinski definition) is 3. The second-order valence-corrected chi connectivity index (χ2v) is 9.23. The average Bonchev–Trinajstić information content (AvgIpc) is 3.34. The summed E-state index contributed by atoms with van der Waals surface area (Å²) in [6, 6.07) is 6.15. The molecular weight excluding hydrogens is 483 g/mol. The van der Waals surface area contributed by atoms with Gasteiger partial charge in [0.2, 0.25) is 0 Å². The van der Waals surface area contributed by atoms with Gasteiger partial charge in [-0.15, -0.1) is 11.3 Å². The summed E-state index contributed by atoms with van der Waals surface area (Å²) in [5.74, 6) is -3.41. The lowest BCUT2D eigenvalue weighted by molar-refractivity contribution is -0.192. The minimum absolute atomic E-state index is 0.170. The molecule has 1 aromatic heterocycles. The average molecular weight is 506 g/mol. The molecule has 34 heavy (non-hydrogen) atoms. The van der Waals surface area contributed by atoms with E-state index < -0.39 is 29.9 Å². The summed E-state index contributed by atoms with van der Waals surface area (Å²) in [5, 5.41) is 22.9. The number of carbonyl (C=O) groups is 2. The molecule has 2 aliphatic heterocycles. The van der Waals surface area contributed by atoms with Crippen molar-refractivity contribution in [1.82, 2.24) is 5.32 Å². The maximum atomic E-state index is 14.0. The number of piperidine rings is 1. The molecule has 6 nitrogen and oxygen atoms in total. The minimum Gasteiger partial charge on any atom is -0.475 e. The van der Waals surface area contributed by atoms with Crippen LogP contribution in [-0.2, 0) is 11.2 Å². The van der Waals surface area contributed by atoms with E-state index in [1.807, 2.05) is 5.38 Å². The van der Waals surface area contributed by atoms with Crippen molar-refractivity contribution in [1.29, 1.82) is 0 Å². The van der Waals surface area contributed by atoms with Crippen molar-refractivity contribution in [2.45, 2.75) is 50.4 Å². The fraction of sp³-hybridized carbons (Fsp3) is 0.455. The van der Waals surface area contributed by atoms with Gasteiger partial charge in [-0.3, -0.25) is 4.90 Å². The van der Waals surface area contributed by atoms with Crippen LogP contribution in [0, 0.1) is 17.6 Å². The monoisotopic (exact) mass is 506 g/mol. The Bertz CT molecular complexity index is 1020. The van der Waals surface area contributed by atoms with Crippen LogP contribution < -0.4 is 10.2 Å². The van der Waals surface area contributed by atoms with E-state index in [9.17, 15) is 31.9 Å². The van der Waals surface area contributed by atoms with Gasteiger partial charge in [-0.1, -0.05) is 0 Å². The van der Waals surface area contributed by atoms with E-state index in [2.05, 4.69) is 5.32 Å². The van der Waals surface area contributed by atoms with Gasteiger partial charge in [0.15, 0.2) is 0 Å². The zero-order valence-electron chi connectivity index (χ0n) is 17.8. The number of anilines is 1. The summed E-state index contributed by atoms with van der Waals surface area (Å²) in [7, 11) is 0. The van der Waals surface area contributed by atoms with Crippen LogP contribution in [0.15, 0.2) is 29.6 Å². The summed E-state index contributed by atoms with van der Waals surface area (Å²) in [4.78, 5) is 22.3. The first-order valence-corrected chi connectivity index (χ1v) is 11.4. The molecule has 2 bridgehead atoms. The number of nitrogens with one attached hydrogen (secondary N) is 1. The number of carboxylic acid groups (broad SMARTS) is 2. The number of halogens is 5. The number of hydrogen-bond acceptors (Lipinski definition) is 4. The van der Waals surface area contributed by atoms with Crippen LogP contribution in [-0.4, -0.2) is 47.1 Å². The number of alkyl halides is 3. The van der Waals surface area contributed by atoms with Gasteiger partial charge in [-0.25, -0.2) is 18.4 Å². The zero-order valence-corrected chi connectivity index (χ0v) is 18.6. The molecule has 2 fully saturated rings. The predicted octanol–water partition coefficient (Wildman–Crippen LogP) is 5.27. The highest BCUT2D eigenvalue weighted by atomic mass is 32.1. The molecule has 1 amide bonds. The number of thiophene rings is 1. The smallest absolute Gasteiger partial charge is 0.475 e. The van der Waals surface area contributed by atoms with E-state index in [1.165, 1.54) is 22.3 Å². The van der Waals surface area contributed by atoms with Gasteiger partial charge < -0.3 is 15.5 Å². The Balaban J connectivity index is 0.000000406. The molecule has 0 radical (unpaired) electrons. The van der Waals surface area contributed by atoms with E-state index in [0.29, 0.717) is 35.1 Å². The Kier molecular flexibility index (Phi) is 8.13. The first-order valence-electron chi connectivity index (χ1n) is 10.5. The van der Waals surface area contributed by atoms with Crippen LogP contribution in [0.4, 0.5) is 31.7 Å². The van der Waals surface area contributed by atoms with Crippen LogP contribution in [0.5, 0.6) is 0 Å². The normalized spacial score (nSPS) is 21.5. The summed E-state index contributed by atoms with van der Waals surface area (Å²) >= 11 is 1.33. The molecule has 3 N–H and O–H groups in total. The maximum absolute atomic E-state index is 14.0. The van der Waals surface area contributed by atoms with Crippen LogP contribution >= 0.6 is 11.3 Å². The third-order valence-electron chi connectivity index (χ3n) is 5.84. The van der Waals surface area contributed by atoms with E-state index in [4.69, 9.17) is 9.90 Å². The quantitative estimate of drug-likeness (QED) is 0.481. The first-order chi connectivity index (χ1) is 15.9. The Morgan fingerprint density at radius 2 is 1.68 bits per heavy atom. The largest absolute Gasteiger partial charge is 0.490 e. The lowest BCUT2D eigenvalue weighted by atomic mass is 9.92. The van der Waals surface area contributed by atoms with Crippen molar-refractivity contribution in [3.05, 3.63) is 52.4 Å². The molecule has 186 valence electrons. The second-order valence-electron chi connectivity index (χ2n) is 8.33. The van der Waals surface area contributed by atoms with Gasteiger partial charge in [0.25, 0.3) is 0 Å². The molecule has 2 aliphatic rings.